The molecule has 370 valence electrons. The number of alkyl halides is 2. The van der Waals surface area contributed by atoms with Gasteiger partial charge < -0.3 is 24.1 Å². The maximum atomic E-state index is 14.3. The molecule has 5 heterocycles. The number of nitrogens with one attached hydrogen (secondary N) is 2. The summed E-state index contributed by atoms with van der Waals surface area (Å²) >= 11 is 0. The number of halogens is 2. The lowest BCUT2D eigenvalue weighted by molar-refractivity contribution is -0.135. The molecule has 1 atom stereocenters. The van der Waals surface area contributed by atoms with Crippen molar-refractivity contribution >= 4 is 46.4 Å². The van der Waals surface area contributed by atoms with E-state index in [0.717, 1.165) is 81.8 Å². The number of fused-ring (bicyclic) bond motifs is 1. The van der Waals surface area contributed by atoms with Crippen LogP contribution in [-0.4, -0.2) is 103 Å². The maximum Gasteiger partial charge on any atom is 0.416 e. The van der Waals surface area contributed by atoms with Gasteiger partial charge in [0, 0.05) is 64.3 Å². The van der Waals surface area contributed by atoms with E-state index in [1.165, 1.54) is 21.9 Å². The van der Waals surface area contributed by atoms with Crippen molar-refractivity contribution in [3.05, 3.63) is 76.4 Å². The molecule has 0 radical (unpaired) electrons. The largest absolute Gasteiger partial charge is 0.444 e. The Morgan fingerprint density at radius 3 is 2.46 bits per heavy atom. The molecule has 2 saturated carbocycles. The molecule has 0 unspecified atom stereocenters. The van der Waals surface area contributed by atoms with E-state index in [-0.39, 0.29) is 47.8 Å². The van der Waals surface area contributed by atoms with Crippen molar-refractivity contribution in [1.82, 2.24) is 39.1 Å². The molecule has 5 aromatic rings. The van der Waals surface area contributed by atoms with Gasteiger partial charge in [-0.15, -0.1) is 0 Å². The Labute approximate surface area is 398 Å². The van der Waals surface area contributed by atoms with Crippen LogP contribution >= 0.6 is 0 Å². The minimum atomic E-state index is -2.92. The van der Waals surface area contributed by atoms with Crippen molar-refractivity contribution in [3.8, 4) is 11.5 Å². The van der Waals surface area contributed by atoms with E-state index in [0.29, 0.717) is 54.9 Å². The van der Waals surface area contributed by atoms with Crippen molar-refractivity contribution in [2.45, 2.75) is 116 Å². The number of hydrogen-bond acceptors (Lipinski definition) is 12. The second-order valence-electron chi connectivity index (χ2n) is 19.6. The third kappa shape index (κ3) is 12.0. The molecular weight excluding hydrogens is 895 g/mol. The highest BCUT2D eigenvalue weighted by Gasteiger charge is 2.34. The van der Waals surface area contributed by atoms with Gasteiger partial charge in [0.2, 0.25) is 17.7 Å². The lowest BCUT2D eigenvalue weighted by Gasteiger charge is -2.31. The molecule has 1 aromatic carbocycles. The van der Waals surface area contributed by atoms with Gasteiger partial charge in [-0.05, 0) is 128 Å². The summed E-state index contributed by atoms with van der Waals surface area (Å²) in [6, 6.07) is 8.17. The molecule has 1 aliphatic heterocycles. The predicted octanol–water partition coefficient (Wildman–Crippen LogP) is 7.61. The van der Waals surface area contributed by atoms with Gasteiger partial charge in [-0.3, -0.25) is 38.4 Å². The summed E-state index contributed by atoms with van der Waals surface area (Å²) in [7, 11) is 3.80. The molecule has 69 heavy (non-hydrogen) atoms. The number of aromatic nitrogens is 6. The lowest BCUT2D eigenvalue weighted by atomic mass is 9.86. The van der Waals surface area contributed by atoms with Crippen molar-refractivity contribution in [3.63, 3.8) is 0 Å². The van der Waals surface area contributed by atoms with E-state index in [2.05, 4.69) is 37.6 Å². The first-order valence-electron chi connectivity index (χ1n) is 23.9. The number of pyridine rings is 1. The zero-order valence-electron chi connectivity index (χ0n) is 39.9. The standard InChI is InChI=1S/C49H62F2N10O8/c1-49(2,3)69-48(66)59(27-31-12-13-31)39-25-33(20-21-52-39)46-54-36(29-68-46)44(63)53-35-28-60(56-41(35)43(50)51)34-16-14-30(15-17-34)26-57(4)22-8-24-67-23-7-10-32-9-6-11-37-42(32)58(5)47(65)61(37)38-18-19-40(62)55-45(38)64/h6,9,11,20-21,25,28-31,34,38,43H,7-8,10,12-19,22-24,26-27H2,1-5H3,(H,53,63)(H,55,62,64)/t30?,34?,38-/m1/s1. The third-order valence-electron chi connectivity index (χ3n) is 13.0. The molecule has 18 nitrogen and oxygen atoms in total. The fourth-order valence-electron chi connectivity index (χ4n) is 9.36. The third-order valence-corrected chi connectivity index (χ3v) is 13.0. The van der Waals surface area contributed by atoms with Gasteiger partial charge in [0.05, 0.1) is 22.8 Å². The quantitative estimate of drug-likeness (QED) is 0.0607. The number of carbonyl (C=O) groups is 4. The highest BCUT2D eigenvalue weighted by molar-refractivity contribution is 6.03. The van der Waals surface area contributed by atoms with Crippen LogP contribution in [0.2, 0.25) is 0 Å². The predicted molar refractivity (Wildman–Crippen MR) is 252 cm³/mol. The number of oxazole rings is 1. The van der Waals surface area contributed by atoms with Crippen molar-refractivity contribution in [2.24, 2.45) is 18.9 Å². The molecule has 3 fully saturated rings. The number of piperidine rings is 1. The number of benzene rings is 1. The van der Waals surface area contributed by atoms with E-state index < -0.39 is 41.7 Å². The van der Waals surface area contributed by atoms with Crippen molar-refractivity contribution in [1.29, 1.82) is 0 Å². The van der Waals surface area contributed by atoms with Crippen LogP contribution in [0.3, 0.4) is 0 Å². The number of rotatable bonds is 19. The van der Waals surface area contributed by atoms with E-state index in [4.69, 9.17) is 13.9 Å². The van der Waals surface area contributed by atoms with E-state index in [1.807, 2.05) is 18.2 Å². The van der Waals surface area contributed by atoms with Crippen LogP contribution < -0.4 is 21.2 Å². The molecular formula is C49H62F2N10O8. The molecule has 8 rings (SSSR count). The summed E-state index contributed by atoms with van der Waals surface area (Å²) in [6.45, 7) is 8.77. The Kier molecular flexibility index (Phi) is 15.1. The van der Waals surface area contributed by atoms with Crippen LogP contribution in [0, 0.1) is 11.8 Å². The lowest BCUT2D eigenvalue weighted by Crippen LogP contribution is -2.44. The van der Waals surface area contributed by atoms with Crippen LogP contribution in [0.5, 0.6) is 0 Å². The summed E-state index contributed by atoms with van der Waals surface area (Å²) < 4.78 is 50.5. The average Bonchev–Trinajstić information content (AvgIpc) is 3.69. The number of imide groups is 1. The number of nitrogens with zero attached hydrogens (tertiary/aromatic N) is 8. The number of hydrogen-bond donors (Lipinski definition) is 2. The highest BCUT2D eigenvalue weighted by Crippen LogP contribution is 2.36. The zero-order chi connectivity index (χ0) is 49.0. The number of carbonyl (C=O) groups excluding carboxylic acids is 4. The second-order valence-corrected chi connectivity index (χ2v) is 19.6. The zero-order valence-corrected chi connectivity index (χ0v) is 39.9. The summed E-state index contributed by atoms with van der Waals surface area (Å²) in [5.74, 6) is -0.268. The maximum absolute atomic E-state index is 14.3. The summed E-state index contributed by atoms with van der Waals surface area (Å²) in [6.07, 6.45) is 8.85. The van der Waals surface area contributed by atoms with E-state index >= 15 is 0 Å². The number of ether oxygens (including phenoxy) is 2. The van der Waals surface area contributed by atoms with Crippen LogP contribution in [0.4, 0.5) is 25.1 Å². The Bertz CT molecular complexity index is 2710. The Morgan fingerprint density at radius 1 is 1.00 bits per heavy atom. The van der Waals surface area contributed by atoms with Crippen LogP contribution in [0.1, 0.15) is 125 Å². The Balaban J connectivity index is 0.772. The molecule has 0 bridgehead atoms. The highest BCUT2D eigenvalue weighted by atomic mass is 19.3. The van der Waals surface area contributed by atoms with Gasteiger partial charge in [0.15, 0.2) is 11.4 Å². The molecule has 1 saturated heterocycles. The molecule has 4 aromatic heterocycles. The Morgan fingerprint density at radius 2 is 1.74 bits per heavy atom. The fourth-order valence-corrected chi connectivity index (χ4v) is 9.36. The van der Waals surface area contributed by atoms with Crippen LogP contribution in [-0.2, 0) is 32.5 Å². The van der Waals surface area contributed by atoms with Crippen molar-refractivity contribution in [2.75, 3.05) is 50.1 Å². The smallest absolute Gasteiger partial charge is 0.416 e. The van der Waals surface area contributed by atoms with E-state index in [1.54, 1.807) is 49.2 Å². The molecule has 4 amide bonds. The molecule has 20 heteroatoms. The molecule has 2 aliphatic carbocycles. The van der Waals surface area contributed by atoms with Gasteiger partial charge in [-0.1, -0.05) is 12.1 Å². The average molecular weight is 957 g/mol. The van der Waals surface area contributed by atoms with Gasteiger partial charge in [0.1, 0.15) is 23.7 Å². The molecule has 0 spiro atoms. The first-order valence-corrected chi connectivity index (χ1v) is 23.9. The number of imidazole rings is 1. The number of amides is 4. The van der Waals surface area contributed by atoms with Gasteiger partial charge in [0.25, 0.3) is 12.3 Å². The topological polar surface area (TPSA) is 201 Å². The molecule has 3 aliphatic rings. The SMILES string of the molecule is CN(CCCOCCCc1cccc2c1n(C)c(=O)n2[C@@H]1CCC(=O)NC1=O)CC1CCC(n2cc(NC(=O)c3coc(-c4ccnc(N(CC5CC5)C(=O)OC(C)(C)C)c4)n3)c(C(F)F)n2)CC1. The normalized spacial score (nSPS) is 18.8. The first kappa shape index (κ1) is 49.2. The number of para-hydroxylation sites is 1. The van der Waals surface area contributed by atoms with Gasteiger partial charge >= 0.3 is 11.8 Å². The van der Waals surface area contributed by atoms with Crippen LogP contribution in [0.25, 0.3) is 22.5 Å². The van der Waals surface area contributed by atoms with E-state index in [9.17, 15) is 32.8 Å². The van der Waals surface area contributed by atoms with Crippen LogP contribution in [0.15, 0.2) is 58.2 Å². The Hall–Kier alpha value is -6.28. The first-order chi connectivity index (χ1) is 33.0. The van der Waals surface area contributed by atoms with Gasteiger partial charge in [-0.25, -0.2) is 28.3 Å². The summed E-state index contributed by atoms with van der Waals surface area (Å²) in [4.78, 5) is 76.6. The molecule has 2 N–H and O–H groups in total. The van der Waals surface area contributed by atoms with Gasteiger partial charge in [-0.2, -0.15) is 5.10 Å². The number of aryl methyl sites for hydroxylation is 2. The monoisotopic (exact) mass is 956 g/mol. The summed E-state index contributed by atoms with van der Waals surface area (Å²) in [5, 5.41) is 9.16. The fraction of sp³-hybridized carbons (Fsp3) is 0.551. The minimum absolute atomic E-state index is 0.0889. The summed E-state index contributed by atoms with van der Waals surface area (Å²) in [5.41, 5.74) is 1.22. The second kappa shape index (κ2) is 21.2. The minimum Gasteiger partial charge on any atom is -0.444 e. The number of anilines is 2. The van der Waals surface area contributed by atoms with Crippen molar-refractivity contribution < 1.29 is 41.8 Å².